The summed E-state index contributed by atoms with van der Waals surface area (Å²) < 4.78 is 33.7. The number of hydrogen-bond acceptors (Lipinski definition) is 10. The number of methoxy groups -OCH3 is 3. The molecule has 0 fully saturated rings. The Balaban J connectivity index is 1.43. The third-order valence-electron chi connectivity index (χ3n) is 6.08. The van der Waals surface area contributed by atoms with Crippen LogP contribution in [0.2, 0.25) is 10.0 Å². The highest BCUT2D eigenvalue weighted by Gasteiger charge is 2.27. The van der Waals surface area contributed by atoms with Gasteiger partial charge in [0.15, 0.2) is 28.7 Å². The van der Waals surface area contributed by atoms with Crippen LogP contribution in [0, 0.1) is 0 Å². The predicted octanol–water partition coefficient (Wildman–Crippen LogP) is 7.20. The average molecular weight is 628 g/mol. The van der Waals surface area contributed by atoms with Gasteiger partial charge in [-0.2, -0.15) is 0 Å². The molecule has 1 aliphatic rings. The Bertz CT molecular complexity index is 1750. The van der Waals surface area contributed by atoms with Gasteiger partial charge in [0.25, 0.3) is 0 Å². The Morgan fingerprint density at radius 2 is 1.69 bits per heavy atom. The molecular formula is C30H23Cl2NO8S. The van der Waals surface area contributed by atoms with Crippen LogP contribution in [-0.4, -0.2) is 45.8 Å². The van der Waals surface area contributed by atoms with Crippen molar-refractivity contribution in [3.05, 3.63) is 80.3 Å². The topological polar surface area (TPSA) is 102 Å². The first-order valence-corrected chi connectivity index (χ1v) is 14.0. The smallest absolute Gasteiger partial charge is 0.363 e. The summed E-state index contributed by atoms with van der Waals surface area (Å²) in [5.74, 6) is 0.433. The van der Waals surface area contributed by atoms with E-state index in [2.05, 4.69) is 4.99 Å². The van der Waals surface area contributed by atoms with E-state index in [0.29, 0.717) is 51.1 Å². The van der Waals surface area contributed by atoms with E-state index in [1.807, 2.05) is 0 Å². The van der Waals surface area contributed by atoms with E-state index in [0.717, 1.165) is 4.70 Å². The van der Waals surface area contributed by atoms with E-state index in [1.54, 1.807) is 55.5 Å². The van der Waals surface area contributed by atoms with Gasteiger partial charge >= 0.3 is 11.9 Å². The molecule has 4 aromatic rings. The van der Waals surface area contributed by atoms with Gasteiger partial charge in [-0.3, -0.25) is 0 Å². The molecule has 0 aliphatic carbocycles. The van der Waals surface area contributed by atoms with Crippen molar-refractivity contribution in [2.45, 2.75) is 6.92 Å². The van der Waals surface area contributed by atoms with Gasteiger partial charge in [0.1, 0.15) is 4.88 Å². The van der Waals surface area contributed by atoms with Gasteiger partial charge in [-0.15, -0.1) is 11.3 Å². The van der Waals surface area contributed by atoms with Crippen molar-refractivity contribution in [1.82, 2.24) is 0 Å². The predicted molar refractivity (Wildman–Crippen MR) is 161 cm³/mol. The fourth-order valence-corrected chi connectivity index (χ4v) is 5.84. The Morgan fingerprint density at radius 3 is 2.36 bits per heavy atom. The first-order valence-electron chi connectivity index (χ1n) is 12.5. The largest absolute Gasteiger partial charge is 0.493 e. The third kappa shape index (κ3) is 5.74. The maximum absolute atomic E-state index is 13.1. The Morgan fingerprint density at radius 1 is 0.952 bits per heavy atom. The molecule has 0 saturated carbocycles. The number of nitrogens with zero attached hydrogens (tertiary/aromatic N) is 1. The van der Waals surface area contributed by atoms with E-state index in [-0.39, 0.29) is 27.2 Å². The summed E-state index contributed by atoms with van der Waals surface area (Å²) in [6, 6.07) is 13.3. The van der Waals surface area contributed by atoms with Gasteiger partial charge in [-0.05, 0) is 55.0 Å². The number of fused-ring (bicyclic) bond motifs is 1. The lowest BCUT2D eigenvalue weighted by molar-refractivity contribution is -0.129. The lowest BCUT2D eigenvalue weighted by Crippen LogP contribution is -2.08. The number of halogens is 2. The minimum absolute atomic E-state index is 0.0571. The van der Waals surface area contributed by atoms with Crippen LogP contribution in [0.25, 0.3) is 16.2 Å². The molecule has 2 heterocycles. The van der Waals surface area contributed by atoms with Crippen molar-refractivity contribution in [3.8, 4) is 28.7 Å². The first-order chi connectivity index (χ1) is 20.3. The average Bonchev–Trinajstić information content (AvgIpc) is 3.51. The van der Waals surface area contributed by atoms with Crippen LogP contribution in [0.3, 0.4) is 0 Å². The second kappa shape index (κ2) is 12.3. The summed E-state index contributed by atoms with van der Waals surface area (Å²) >= 11 is 13.7. The molecule has 0 saturated heterocycles. The quantitative estimate of drug-likeness (QED) is 0.109. The molecule has 42 heavy (non-hydrogen) atoms. The zero-order chi connectivity index (χ0) is 30.0. The lowest BCUT2D eigenvalue weighted by atomic mass is 10.1. The number of aliphatic imine (C=N–C) groups is 1. The zero-order valence-corrected chi connectivity index (χ0v) is 25.1. The van der Waals surface area contributed by atoms with E-state index < -0.39 is 11.9 Å². The molecule has 0 amide bonds. The molecule has 0 radical (unpaired) electrons. The number of hydrogen-bond donors (Lipinski definition) is 0. The number of esters is 2. The summed E-state index contributed by atoms with van der Waals surface area (Å²) in [5.41, 5.74) is 1.08. The number of benzene rings is 3. The molecular weight excluding hydrogens is 605 g/mol. The Kier molecular flexibility index (Phi) is 8.58. The fourth-order valence-electron chi connectivity index (χ4n) is 4.18. The highest BCUT2D eigenvalue weighted by molar-refractivity contribution is 7.21. The number of cyclic esters (lactones) is 1. The van der Waals surface area contributed by atoms with Gasteiger partial charge in [-0.25, -0.2) is 14.6 Å². The van der Waals surface area contributed by atoms with Crippen molar-refractivity contribution >= 4 is 68.5 Å². The second-order valence-corrected chi connectivity index (χ2v) is 10.5. The monoisotopic (exact) mass is 627 g/mol. The number of carbonyl (C=O) groups is 2. The molecule has 0 bridgehead atoms. The standard InChI is InChI=1S/C30H23Cl2NO8S/c1-5-39-21-11-15(6-9-20(21)40-30(35)27-25(32)18-8-7-17(31)14-24(18)42-27)10-19-29(34)41-28(33-19)16-12-22(36-2)26(38-4)23(13-16)37-3/h6-14H,5H2,1-4H3/b19-10+. The fraction of sp³-hybridized carbons (Fsp3) is 0.167. The molecule has 0 unspecified atom stereocenters. The van der Waals surface area contributed by atoms with E-state index in [1.165, 1.54) is 38.7 Å². The molecule has 5 rings (SSSR count). The molecule has 12 heteroatoms. The summed E-state index contributed by atoms with van der Waals surface area (Å²) in [7, 11) is 4.46. The van der Waals surface area contributed by atoms with Crippen LogP contribution in [0.15, 0.2) is 59.2 Å². The third-order valence-corrected chi connectivity index (χ3v) is 7.96. The van der Waals surface area contributed by atoms with Crippen LogP contribution < -0.4 is 23.7 Å². The molecule has 0 spiro atoms. The SMILES string of the molecule is CCOc1cc(/C=C2/N=C(c3cc(OC)c(OC)c(OC)c3)OC2=O)ccc1OC(=O)c1sc2cc(Cl)ccc2c1Cl. The van der Waals surface area contributed by atoms with Crippen molar-refractivity contribution in [3.63, 3.8) is 0 Å². The molecule has 216 valence electrons. The summed E-state index contributed by atoms with van der Waals surface area (Å²) in [4.78, 5) is 30.4. The van der Waals surface area contributed by atoms with Crippen molar-refractivity contribution < 1.29 is 38.0 Å². The summed E-state index contributed by atoms with van der Waals surface area (Å²) in [6.45, 7) is 2.10. The number of ether oxygens (including phenoxy) is 6. The summed E-state index contributed by atoms with van der Waals surface area (Å²) in [5, 5.41) is 1.53. The van der Waals surface area contributed by atoms with Crippen molar-refractivity contribution in [2.24, 2.45) is 4.99 Å². The highest BCUT2D eigenvalue weighted by atomic mass is 35.5. The van der Waals surface area contributed by atoms with Crippen LogP contribution in [0.4, 0.5) is 0 Å². The molecule has 3 aromatic carbocycles. The normalized spacial score (nSPS) is 13.6. The number of carbonyl (C=O) groups excluding carboxylic acids is 2. The molecule has 0 N–H and O–H groups in total. The maximum atomic E-state index is 13.1. The van der Waals surface area contributed by atoms with Crippen LogP contribution in [-0.2, 0) is 9.53 Å². The van der Waals surface area contributed by atoms with Gasteiger partial charge < -0.3 is 28.4 Å². The van der Waals surface area contributed by atoms with Crippen LogP contribution >= 0.6 is 34.5 Å². The maximum Gasteiger partial charge on any atom is 0.363 e. The van der Waals surface area contributed by atoms with Gasteiger partial charge in [0, 0.05) is 20.7 Å². The number of thiophene rings is 1. The highest BCUT2D eigenvalue weighted by Crippen LogP contribution is 2.40. The minimum atomic E-state index is -0.647. The Hall–Kier alpha value is -4.25. The van der Waals surface area contributed by atoms with Crippen LogP contribution in [0.5, 0.6) is 28.7 Å². The van der Waals surface area contributed by atoms with Gasteiger partial charge in [0.2, 0.25) is 11.6 Å². The summed E-state index contributed by atoms with van der Waals surface area (Å²) in [6.07, 6.45) is 1.54. The van der Waals surface area contributed by atoms with Crippen molar-refractivity contribution in [2.75, 3.05) is 27.9 Å². The number of rotatable bonds is 9. The molecule has 9 nitrogen and oxygen atoms in total. The molecule has 0 atom stereocenters. The first kappa shape index (κ1) is 29.2. The van der Waals surface area contributed by atoms with Gasteiger partial charge in [-0.1, -0.05) is 35.3 Å². The molecule has 1 aromatic heterocycles. The van der Waals surface area contributed by atoms with Crippen molar-refractivity contribution in [1.29, 1.82) is 0 Å². The second-order valence-electron chi connectivity index (χ2n) is 8.66. The lowest BCUT2D eigenvalue weighted by Gasteiger charge is -2.13. The molecule has 1 aliphatic heterocycles. The minimum Gasteiger partial charge on any atom is -0.493 e. The van der Waals surface area contributed by atoms with Crippen LogP contribution in [0.1, 0.15) is 27.7 Å². The van der Waals surface area contributed by atoms with Gasteiger partial charge in [0.05, 0.1) is 33.0 Å². The van der Waals surface area contributed by atoms with E-state index in [9.17, 15) is 9.59 Å². The van der Waals surface area contributed by atoms with E-state index in [4.69, 9.17) is 51.6 Å². The Labute approximate surface area is 254 Å². The van der Waals surface area contributed by atoms with E-state index >= 15 is 0 Å². The zero-order valence-electron chi connectivity index (χ0n) is 22.8.